The molecule has 3 N–H and O–H groups in total. The summed E-state index contributed by atoms with van der Waals surface area (Å²) >= 11 is 0. The fraction of sp³-hybridized carbons (Fsp3) is 0.222. The third-order valence-corrected chi connectivity index (χ3v) is 1.37. The van der Waals surface area contributed by atoms with E-state index in [1.54, 1.807) is 6.20 Å². The first-order chi connectivity index (χ1) is 5.93. The van der Waals surface area contributed by atoms with E-state index in [1.807, 2.05) is 30.4 Å². The van der Waals surface area contributed by atoms with Gasteiger partial charge in [-0.25, -0.2) is 4.98 Å². The molecule has 1 aromatic rings. The lowest BCUT2D eigenvalue weighted by Gasteiger charge is -1.99. The Balaban J connectivity index is 2.29. The third-order valence-electron chi connectivity index (χ3n) is 1.37. The largest absolute Gasteiger partial charge is 0.367 e. The van der Waals surface area contributed by atoms with E-state index < -0.39 is 0 Å². The number of rotatable bonds is 4. The molecule has 3 heteroatoms. The van der Waals surface area contributed by atoms with Gasteiger partial charge in [0.1, 0.15) is 5.82 Å². The average molecular weight is 163 g/mol. The number of nitrogens with zero attached hydrogens (tertiary/aromatic N) is 1. The van der Waals surface area contributed by atoms with Crippen molar-refractivity contribution in [2.24, 2.45) is 5.73 Å². The molecule has 1 rings (SSSR count). The zero-order valence-corrected chi connectivity index (χ0v) is 6.90. The van der Waals surface area contributed by atoms with Crippen LogP contribution in [-0.4, -0.2) is 18.1 Å². The smallest absolute Gasteiger partial charge is 0.126 e. The van der Waals surface area contributed by atoms with Gasteiger partial charge in [0.25, 0.3) is 0 Å². The Labute approximate surface area is 72.3 Å². The summed E-state index contributed by atoms with van der Waals surface area (Å²) in [5.41, 5.74) is 5.28. The van der Waals surface area contributed by atoms with Crippen LogP contribution in [0.2, 0.25) is 0 Å². The summed E-state index contributed by atoms with van der Waals surface area (Å²) in [5.74, 6) is 0.888. The van der Waals surface area contributed by atoms with Gasteiger partial charge in [0, 0.05) is 19.3 Å². The van der Waals surface area contributed by atoms with Crippen molar-refractivity contribution in [1.29, 1.82) is 0 Å². The topological polar surface area (TPSA) is 50.9 Å². The van der Waals surface area contributed by atoms with Gasteiger partial charge in [-0.2, -0.15) is 0 Å². The summed E-state index contributed by atoms with van der Waals surface area (Å²) in [6, 6.07) is 5.76. The highest BCUT2D eigenvalue weighted by atomic mass is 15.0. The molecular formula is C9H13N3. The molecule has 64 valence electrons. The highest BCUT2D eigenvalue weighted by Crippen LogP contribution is 1.97. The lowest BCUT2D eigenvalue weighted by atomic mass is 10.4. The van der Waals surface area contributed by atoms with E-state index in [2.05, 4.69) is 10.3 Å². The standard InChI is InChI=1S/C9H13N3/c10-6-2-4-8-12-9-5-1-3-7-11-9/h1-5,7H,6,8,10H2,(H,11,12)/b4-2+. The van der Waals surface area contributed by atoms with Gasteiger partial charge >= 0.3 is 0 Å². The summed E-state index contributed by atoms with van der Waals surface area (Å²) in [6.45, 7) is 1.36. The molecular weight excluding hydrogens is 150 g/mol. The number of pyridine rings is 1. The van der Waals surface area contributed by atoms with Crippen LogP contribution in [0, 0.1) is 0 Å². The van der Waals surface area contributed by atoms with Gasteiger partial charge in [0.2, 0.25) is 0 Å². The maximum atomic E-state index is 5.28. The van der Waals surface area contributed by atoms with E-state index in [-0.39, 0.29) is 0 Å². The molecule has 0 spiro atoms. The molecule has 0 bridgehead atoms. The van der Waals surface area contributed by atoms with E-state index in [0.29, 0.717) is 6.54 Å². The van der Waals surface area contributed by atoms with Crippen LogP contribution in [0.3, 0.4) is 0 Å². The number of nitrogens with two attached hydrogens (primary N) is 1. The minimum absolute atomic E-state index is 0.587. The van der Waals surface area contributed by atoms with Crippen molar-refractivity contribution in [3.8, 4) is 0 Å². The van der Waals surface area contributed by atoms with Crippen molar-refractivity contribution < 1.29 is 0 Å². The van der Waals surface area contributed by atoms with Crippen LogP contribution in [0.4, 0.5) is 5.82 Å². The Bertz CT molecular complexity index is 231. The van der Waals surface area contributed by atoms with Gasteiger partial charge in [-0.3, -0.25) is 0 Å². The van der Waals surface area contributed by atoms with Gasteiger partial charge in [0.15, 0.2) is 0 Å². The number of hydrogen-bond acceptors (Lipinski definition) is 3. The Kier molecular flexibility index (Phi) is 3.88. The molecule has 12 heavy (non-hydrogen) atoms. The van der Waals surface area contributed by atoms with Crippen molar-refractivity contribution in [2.75, 3.05) is 18.4 Å². The number of anilines is 1. The monoisotopic (exact) mass is 163 g/mol. The normalized spacial score (nSPS) is 10.4. The first-order valence-corrected chi connectivity index (χ1v) is 3.93. The molecule has 0 saturated heterocycles. The average Bonchev–Trinajstić information content (AvgIpc) is 2.14. The Hall–Kier alpha value is -1.35. The zero-order valence-electron chi connectivity index (χ0n) is 6.90. The molecule has 0 amide bonds. The molecule has 0 unspecified atom stereocenters. The molecule has 0 fully saturated rings. The lowest BCUT2D eigenvalue weighted by Crippen LogP contribution is -2.01. The van der Waals surface area contributed by atoms with Crippen LogP contribution in [0.5, 0.6) is 0 Å². The van der Waals surface area contributed by atoms with Gasteiger partial charge in [0.05, 0.1) is 0 Å². The van der Waals surface area contributed by atoms with Crippen molar-refractivity contribution in [1.82, 2.24) is 4.98 Å². The summed E-state index contributed by atoms with van der Waals surface area (Å²) in [7, 11) is 0. The van der Waals surface area contributed by atoms with E-state index in [0.717, 1.165) is 12.4 Å². The molecule has 1 heterocycles. The van der Waals surface area contributed by atoms with Crippen molar-refractivity contribution in [2.45, 2.75) is 0 Å². The molecule has 1 aromatic heterocycles. The Morgan fingerprint density at radius 3 is 3.00 bits per heavy atom. The molecule has 0 aliphatic heterocycles. The second-order valence-corrected chi connectivity index (χ2v) is 2.30. The maximum absolute atomic E-state index is 5.28. The van der Waals surface area contributed by atoms with Gasteiger partial charge < -0.3 is 11.1 Å². The van der Waals surface area contributed by atoms with Gasteiger partial charge in [-0.15, -0.1) is 0 Å². The predicted molar refractivity (Wildman–Crippen MR) is 50.9 cm³/mol. The second kappa shape index (κ2) is 5.32. The van der Waals surface area contributed by atoms with Crippen LogP contribution in [0.25, 0.3) is 0 Å². The van der Waals surface area contributed by atoms with E-state index in [1.165, 1.54) is 0 Å². The minimum Gasteiger partial charge on any atom is -0.367 e. The summed E-state index contributed by atoms with van der Waals surface area (Å²) < 4.78 is 0. The maximum Gasteiger partial charge on any atom is 0.126 e. The fourth-order valence-corrected chi connectivity index (χ4v) is 0.810. The first-order valence-electron chi connectivity index (χ1n) is 3.93. The van der Waals surface area contributed by atoms with Crippen molar-refractivity contribution in [3.05, 3.63) is 36.5 Å². The SMILES string of the molecule is NC/C=C/CNc1ccccn1. The highest BCUT2D eigenvalue weighted by molar-refractivity contribution is 5.33. The first kappa shape index (κ1) is 8.74. The van der Waals surface area contributed by atoms with E-state index in [9.17, 15) is 0 Å². The summed E-state index contributed by atoms with van der Waals surface area (Å²) in [6.07, 6.45) is 5.65. The molecule has 0 aliphatic rings. The Morgan fingerprint density at radius 2 is 2.33 bits per heavy atom. The molecule has 3 nitrogen and oxygen atoms in total. The molecule has 0 aromatic carbocycles. The number of hydrogen-bond donors (Lipinski definition) is 2. The van der Waals surface area contributed by atoms with Crippen molar-refractivity contribution >= 4 is 5.82 Å². The second-order valence-electron chi connectivity index (χ2n) is 2.30. The van der Waals surface area contributed by atoms with E-state index in [4.69, 9.17) is 5.73 Å². The molecule has 0 aliphatic carbocycles. The third kappa shape index (κ3) is 3.16. The van der Waals surface area contributed by atoms with Gasteiger partial charge in [-0.1, -0.05) is 18.2 Å². The molecule has 0 atom stereocenters. The summed E-state index contributed by atoms with van der Waals surface area (Å²) in [4.78, 5) is 4.10. The molecule has 0 radical (unpaired) electrons. The van der Waals surface area contributed by atoms with Crippen LogP contribution < -0.4 is 11.1 Å². The number of nitrogens with one attached hydrogen (secondary N) is 1. The van der Waals surface area contributed by atoms with Crippen LogP contribution in [0.1, 0.15) is 0 Å². The van der Waals surface area contributed by atoms with Gasteiger partial charge in [-0.05, 0) is 12.1 Å². The minimum atomic E-state index is 0.587. The highest BCUT2D eigenvalue weighted by Gasteiger charge is 1.85. The lowest BCUT2D eigenvalue weighted by molar-refractivity contribution is 1.20. The van der Waals surface area contributed by atoms with Crippen LogP contribution in [0.15, 0.2) is 36.5 Å². The number of aromatic nitrogens is 1. The summed E-state index contributed by atoms with van der Waals surface area (Å²) in [5, 5.41) is 3.13. The zero-order chi connectivity index (χ0) is 8.65. The molecule has 0 saturated carbocycles. The fourth-order valence-electron chi connectivity index (χ4n) is 0.810. The van der Waals surface area contributed by atoms with Crippen LogP contribution >= 0.6 is 0 Å². The van der Waals surface area contributed by atoms with Crippen LogP contribution in [-0.2, 0) is 0 Å². The quantitative estimate of drug-likeness (QED) is 0.651. The predicted octanol–water partition coefficient (Wildman–Crippen LogP) is 1.01. The van der Waals surface area contributed by atoms with Crippen molar-refractivity contribution in [3.63, 3.8) is 0 Å². The van der Waals surface area contributed by atoms with E-state index >= 15 is 0 Å². The Morgan fingerprint density at radius 1 is 1.42 bits per heavy atom.